The van der Waals surface area contributed by atoms with Crippen LogP contribution in [0.2, 0.25) is 0 Å². The van der Waals surface area contributed by atoms with Gasteiger partial charge in [0.15, 0.2) is 0 Å². The first kappa shape index (κ1) is 67.2. The lowest BCUT2D eigenvalue weighted by Gasteiger charge is -2.48. The van der Waals surface area contributed by atoms with Crippen molar-refractivity contribution in [2.75, 3.05) is 14.7 Å². The lowest BCUT2D eigenvalue weighted by molar-refractivity contribution is 0.332. The van der Waals surface area contributed by atoms with Crippen molar-refractivity contribution in [2.45, 2.75) is 245 Å². The topological polar surface area (TPSA) is 9.72 Å². The molecule has 3 aliphatic carbocycles. The van der Waals surface area contributed by atoms with Crippen LogP contribution in [-0.4, -0.2) is 6.71 Å². The lowest BCUT2D eigenvalue weighted by atomic mass is 9.35. The first-order valence-electron chi connectivity index (χ1n) is 37.3. The Morgan fingerprint density at radius 3 is 1.21 bits per heavy atom. The van der Waals surface area contributed by atoms with Crippen LogP contribution in [0.4, 0.5) is 51.2 Å². The van der Waals surface area contributed by atoms with Gasteiger partial charge in [0, 0.05) is 65.5 Å². The van der Waals surface area contributed by atoms with E-state index in [2.05, 4.69) is 360 Å². The molecule has 2 aliphatic heterocycles. The van der Waals surface area contributed by atoms with Gasteiger partial charge in [-0.1, -0.05) is 255 Å². The third-order valence-corrected chi connectivity index (χ3v) is 26.7. The van der Waals surface area contributed by atoms with Crippen LogP contribution < -0.4 is 30.4 Å². The highest BCUT2D eigenvalue weighted by Gasteiger charge is 2.50. The molecule has 508 valence electrons. The average molecular weight is 1320 g/mol. The third-order valence-electron chi connectivity index (χ3n) is 25.5. The zero-order chi connectivity index (χ0) is 70.5. The van der Waals surface area contributed by atoms with E-state index in [0.29, 0.717) is 0 Å². The fourth-order valence-electron chi connectivity index (χ4n) is 18.1. The summed E-state index contributed by atoms with van der Waals surface area (Å²) in [7, 11) is 0. The summed E-state index contributed by atoms with van der Waals surface area (Å²) in [6.07, 6.45) is 6.90. The van der Waals surface area contributed by atoms with Crippen LogP contribution >= 0.6 is 11.3 Å². The molecule has 5 heteroatoms. The number of benzene rings is 9. The number of hydrogen-bond acceptors (Lipinski definition) is 4. The summed E-state index contributed by atoms with van der Waals surface area (Å²) < 4.78 is 2.83. The minimum atomic E-state index is -0.227. The molecule has 0 spiro atoms. The van der Waals surface area contributed by atoms with Crippen LogP contribution in [0.5, 0.6) is 0 Å². The zero-order valence-electron chi connectivity index (χ0n) is 63.9. The molecule has 1 aromatic heterocycles. The van der Waals surface area contributed by atoms with Gasteiger partial charge in [-0.3, -0.25) is 0 Å². The lowest BCUT2D eigenvalue weighted by Crippen LogP contribution is -2.61. The van der Waals surface area contributed by atoms with E-state index in [4.69, 9.17) is 0 Å². The second-order valence-corrected chi connectivity index (χ2v) is 39.0. The van der Waals surface area contributed by atoms with Gasteiger partial charge in [-0.2, -0.15) is 0 Å². The monoisotopic (exact) mass is 1320 g/mol. The standard InChI is InChI=1S/C94H108BN3S/c1-85(2,3)63-49-64(86(4,5)6)51-68(50-63)97-78-57-75-74(90(13,14)46-47-91(75,15)16)56-77(78)95-82-79(97)53-69(96(65-37-33-61(34-38-65)93(19,20)59-29-25-23-26-30-59)66-39-35-62(36-40-66)94(21,22)60-31-27-24-28-32-60)54-80(82)98(67-41-42-71-72(52-67)88(9,10)44-43-87(71,7)8)83-70-55-73-76(58-81(70)99-84(83)95)92(17,18)48-45-89(73,11)12/h23-42,49-58H,43-48H2,1-22H3. The molecular formula is C94H108BN3S. The van der Waals surface area contributed by atoms with Gasteiger partial charge in [0.25, 0.3) is 6.71 Å². The Morgan fingerprint density at radius 2 is 0.747 bits per heavy atom. The van der Waals surface area contributed by atoms with Crippen molar-refractivity contribution in [1.82, 2.24) is 0 Å². The van der Waals surface area contributed by atoms with Gasteiger partial charge in [-0.15, -0.1) is 11.3 Å². The smallest absolute Gasteiger partial charge is 0.264 e. The summed E-state index contributed by atoms with van der Waals surface area (Å²) in [4.78, 5) is 8.19. The predicted molar refractivity (Wildman–Crippen MR) is 431 cm³/mol. The summed E-state index contributed by atoms with van der Waals surface area (Å²) in [5.41, 5.74) is 29.8. The predicted octanol–water partition coefficient (Wildman–Crippen LogP) is 24.7. The fourth-order valence-corrected chi connectivity index (χ4v) is 19.5. The summed E-state index contributed by atoms with van der Waals surface area (Å²) in [5, 5.41) is 1.37. The maximum atomic E-state index is 2.81. The molecule has 0 atom stereocenters. The summed E-state index contributed by atoms with van der Waals surface area (Å²) in [6.45, 7) is 54.0. The van der Waals surface area contributed by atoms with Gasteiger partial charge in [0.05, 0.1) is 11.4 Å². The molecule has 0 N–H and O–H groups in total. The van der Waals surface area contributed by atoms with Crippen molar-refractivity contribution in [3.8, 4) is 0 Å². The molecule has 99 heavy (non-hydrogen) atoms. The highest BCUT2D eigenvalue weighted by atomic mass is 32.1. The Hall–Kier alpha value is -7.60. The van der Waals surface area contributed by atoms with E-state index >= 15 is 0 Å². The van der Waals surface area contributed by atoms with Crippen molar-refractivity contribution in [1.29, 1.82) is 0 Å². The Labute approximate surface area is 599 Å². The van der Waals surface area contributed by atoms with E-state index in [-0.39, 0.29) is 60.9 Å². The zero-order valence-corrected chi connectivity index (χ0v) is 64.7. The molecule has 3 nitrogen and oxygen atoms in total. The van der Waals surface area contributed by atoms with Crippen molar-refractivity contribution in [3.05, 3.63) is 249 Å². The maximum absolute atomic E-state index is 2.81. The average Bonchev–Trinajstić information content (AvgIpc) is 1.67. The molecule has 0 radical (unpaired) electrons. The summed E-state index contributed by atoms with van der Waals surface area (Å²) >= 11 is 2.09. The molecular weight excluding hydrogens is 1210 g/mol. The number of fused-ring (bicyclic) bond motifs is 9. The fraction of sp³-hybridized carbons (Fsp3) is 0.404. The highest BCUT2D eigenvalue weighted by molar-refractivity contribution is 7.33. The molecule has 3 heterocycles. The molecule has 5 aliphatic rings. The van der Waals surface area contributed by atoms with E-state index in [1.165, 1.54) is 133 Å². The number of nitrogens with zero attached hydrogens (tertiary/aromatic N) is 3. The minimum Gasteiger partial charge on any atom is -0.311 e. The Morgan fingerprint density at radius 1 is 0.343 bits per heavy atom. The molecule has 0 bridgehead atoms. The quantitative estimate of drug-likeness (QED) is 0.133. The molecule has 0 saturated carbocycles. The van der Waals surface area contributed by atoms with Crippen LogP contribution in [0.3, 0.4) is 0 Å². The minimum absolute atomic E-state index is 0.00808. The third kappa shape index (κ3) is 10.9. The molecule has 0 fully saturated rings. The largest absolute Gasteiger partial charge is 0.311 e. The van der Waals surface area contributed by atoms with Crippen molar-refractivity contribution in [3.63, 3.8) is 0 Å². The van der Waals surface area contributed by atoms with Gasteiger partial charge in [-0.05, 0) is 238 Å². The van der Waals surface area contributed by atoms with E-state index in [0.717, 1.165) is 49.2 Å². The van der Waals surface area contributed by atoms with Crippen molar-refractivity contribution < 1.29 is 0 Å². The van der Waals surface area contributed by atoms with Crippen LogP contribution in [-0.2, 0) is 54.1 Å². The van der Waals surface area contributed by atoms with E-state index < -0.39 is 0 Å². The van der Waals surface area contributed by atoms with Crippen molar-refractivity contribution >= 4 is 95.0 Å². The second kappa shape index (κ2) is 22.5. The first-order valence-corrected chi connectivity index (χ1v) is 38.1. The van der Waals surface area contributed by atoms with Gasteiger partial charge in [0.2, 0.25) is 0 Å². The van der Waals surface area contributed by atoms with Crippen LogP contribution in [0.15, 0.2) is 182 Å². The van der Waals surface area contributed by atoms with Crippen LogP contribution in [0.1, 0.15) is 258 Å². The summed E-state index contributed by atoms with van der Waals surface area (Å²) in [6, 6.07) is 72.8. The number of anilines is 9. The number of thiophene rings is 1. The van der Waals surface area contributed by atoms with Gasteiger partial charge in [-0.25, -0.2) is 0 Å². The number of rotatable bonds is 9. The van der Waals surface area contributed by atoms with Crippen LogP contribution in [0.25, 0.3) is 10.1 Å². The highest BCUT2D eigenvalue weighted by Crippen LogP contribution is 2.58. The second-order valence-electron chi connectivity index (χ2n) is 37.9. The Bertz CT molecular complexity index is 4730. The SMILES string of the molecule is CC(C)(C)c1cc(N2c3cc4c(cc3B3c5sc6cc7c(cc6c5N(c5ccc6c(c5)C(C)(C)CCC6(C)C)c5cc(N(c6ccc(C(C)(C)c8ccccc8)cc6)c6ccc(C(C)(C)c8ccccc8)cc6)cc2c53)C(C)(C)CCC7(C)C)C(C)(C)CCC4(C)C)cc(C(C)(C)C)c1. The van der Waals surface area contributed by atoms with Gasteiger partial charge >= 0.3 is 0 Å². The number of hydrogen-bond donors (Lipinski definition) is 0. The van der Waals surface area contributed by atoms with Crippen molar-refractivity contribution in [2.24, 2.45) is 0 Å². The molecule has 0 unspecified atom stereocenters. The Balaban J connectivity index is 1.11. The molecule has 0 saturated heterocycles. The van der Waals surface area contributed by atoms with Gasteiger partial charge < -0.3 is 14.7 Å². The molecule has 9 aromatic carbocycles. The van der Waals surface area contributed by atoms with E-state index in [9.17, 15) is 0 Å². The molecule has 0 amide bonds. The Kier molecular flexibility index (Phi) is 15.2. The van der Waals surface area contributed by atoms with Gasteiger partial charge in [0.1, 0.15) is 0 Å². The maximum Gasteiger partial charge on any atom is 0.264 e. The molecule has 10 aromatic rings. The normalized spacial score (nSPS) is 18.4. The van der Waals surface area contributed by atoms with Crippen LogP contribution in [0, 0.1) is 0 Å². The summed E-state index contributed by atoms with van der Waals surface area (Å²) in [5.74, 6) is 0. The van der Waals surface area contributed by atoms with E-state index in [1.54, 1.807) is 0 Å². The molecule has 15 rings (SSSR count). The van der Waals surface area contributed by atoms with E-state index in [1.807, 2.05) is 0 Å². The first-order chi connectivity index (χ1) is 46.3.